The molecule has 1 fully saturated rings. The van der Waals surface area contributed by atoms with Crippen molar-refractivity contribution in [3.8, 4) is 11.3 Å². The number of carboxylic acid groups (broad SMARTS) is 1. The summed E-state index contributed by atoms with van der Waals surface area (Å²) in [6.45, 7) is 2.34. The maximum Gasteiger partial charge on any atom is 0.354 e. The van der Waals surface area contributed by atoms with Crippen molar-refractivity contribution in [2.45, 2.75) is 0 Å². The SMILES string of the molecule is Nc1ncc(-c2cc(C(=O)O)nc(N3CCOCC3)n2)cn1. The van der Waals surface area contributed by atoms with Gasteiger partial charge >= 0.3 is 5.97 Å². The predicted octanol–water partition coefficient (Wildman–Crippen LogP) is 0.0506. The molecule has 0 atom stereocenters. The molecular weight excluding hydrogens is 288 g/mol. The van der Waals surface area contributed by atoms with Crippen molar-refractivity contribution >= 4 is 17.9 Å². The third-order valence-electron chi connectivity index (χ3n) is 3.19. The fourth-order valence-corrected chi connectivity index (χ4v) is 2.07. The quantitative estimate of drug-likeness (QED) is 0.808. The van der Waals surface area contributed by atoms with Crippen molar-refractivity contribution in [1.82, 2.24) is 19.9 Å². The molecule has 3 heterocycles. The van der Waals surface area contributed by atoms with Crippen molar-refractivity contribution in [3.63, 3.8) is 0 Å². The molecule has 1 aliphatic rings. The van der Waals surface area contributed by atoms with Gasteiger partial charge in [-0.3, -0.25) is 0 Å². The van der Waals surface area contributed by atoms with Gasteiger partial charge in [-0.25, -0.2) is 24.7 Å². The predicted molar refractivity (Wildman–Crippen MR) is 77.5 cm³/mol. The standard InChI is InChI=1S/C13H14N6O3/c14-12-15-6-8(7-16-12)9-5-10(11(20)21)18-13(17-9)19-1-3-22-4-2-19/h5-7H,1-4H2,(H,20,21)(H2,14,15,16). The van der Waals surface area contributed by atoms with Crippen LogP contribution in [-0.4, -0.2) is 57.3 Å². The second-order valence-electron chi connectivity index (χ2n) is 4.67. The van der Waals surface area contributed by atoms with E-state index in [2.05, 4.69) is 19.9 Å². The van der Waals surface area contributed by atoms with E-state index < -0.39 is 5.97 Å². The zero-order valence-corrected chi connectivity index (χ0v) is 11.6. The number of nitrogen functional groups attached to an aromatic ring is 1. The fourth-order valence-electron chi connectivity index (χ4n) is 2.07. The van der Waals surface area contributed by atoms with E-state index in [0.29, 0.717) is 43.5 Å². The minimum atomic E-state index is -1.12. The van der Waals surface area contributed by atoms with Crippen LogP contribution in [0, 0.1) is 0 Å². The summed E-state index contributed by atoms with van der Waals surface area (Å²) in [6.07, 6.45) is 3.00. The average molecular weight is 302 g/mol. The van der Waals surface area contributed by atoms with Crippen LogP contribution in [0.5, 0.6) is 0 Å². The number of morpholine rings is 1. The van der Waals surface area contributed by atoms with Gasteiger partial charge in [0.15, 0.2) is 5.69 Å². The molecule has 0 aliphatic carbocycles. The van der Waals surface area contributed by atoms with Crippen molar-refractivity contribution in [2.24, 2.45) is 0 Å². The summed E-state index contributed by atoms with van der Waals surface area (Å²) in [4.78, 5) is 29.5. The van der Waals surface area contributed by atoms with Gasteiger partial charge in [0.25, 0.3) is 0 Å². The Hall–Kier alpha value is -2.81. The van der Waals surface area contributed by atoms with E-state index in [1.54, 1.807) is 0 Å². The number of carboxylic acids is 1. The number of anilines is 2. The number of carbonyl (C=O) groups is 1. The highest BCUT2D eigenvalue weighted by Gasteiger charge is 2.18. The maximum atomic E-state index is 11.3. The first-order valence-corrected chi connectivity index (χ1v) is 6.66. The van der Waals surface area contributed by atoms with Crippen LogP contribution in [0.3, 0.4) is 0 Å². The summed E-state index contributed by atoms with van der Waals surface area (Å²) in [5.74, 6) is -0.616. The lowest BCUT2D eigenvalue weighted by atomic mass is 10.2. The normalized spacial score (nSPS) is 14.8. The minimum Gasteiger partial charge on any atom is -0.477 e. The molecule has 9 nitrogen and oxygen atoms in total. The van der Waals surface area contributed by atoms with Crippen molar-refractivity contribution in [3.05, 3.63) is 24.2 Å². The fraction of sp³-hybridized carbons (Fsp3) is 0.308. The molecule has 0 aromatic carbocycles. The van der Waals surface area contributed by atoms with Gasteiger partial charge in [0.2, 0.25) is 11.9 Å². The number of nitrogens with zero attached hydrogens (tertiary/aromatic N) is 5. The van der Waals surface area contributed by atoms with E-state index in [1.807, 2.05) is 4.90 Å². The number of aromatic carboxylic acids is 1. The molecule has 2 aromatic rings. The van der Waals surface area contributed by atoms with Crippen LogP contribution >= 0.6 is 0 Å². The van der Waals surface area contributed by atoms with Crippen LogP contribution in [0.1, 0.15) is 10.5 Å². The molecule has 1 saturated heterocycles. The van der Waals surface area contributed by atoms with Crippen LogP contribution in [-0.2, 0) is 4.74 Å². The Labute approximate surface area is 125 Å². The van der Waals surface area contributed by atoms with Crippen molar-refractivity contribution in [1.29, 1.82) is 0 Å². The van der Waals surface area contributed by atoms with E-state index in [-0.39, 0.29) is 11.6 Å². The molecule has 1 aliphatic heterocycles. The van der Waals surface area contributed by atoms with Gasteiger partial charge in [-0.05, 0) is 6.07 Å². The van der Waals surface area contributed by atoms with Gasteiger partial charge in [0.05, 0.1) is 18.9 Å². The lowest BCUT2D eigenvalue weighted by Gasteiger charge is -2.27. The number of ether oxygens (including phenoxy) is 1. The van der Waals surface area contributed by atoms with Crippen molar-refractivity contribution < 1.29 is 14.6 Å². The number of nitrogens with two attached hydrogens (primary N) is 1. The Morgan fingerprint density at radius 1 is 1.23 bits per heavy atom. The molecular formula is C13H14N6O3. The van der Waals surface area contributed by atoms with Gasteiger partial charge in [0.1, 0.15) is 0 Å². The summed E-state index contributed by atoms with van der Waals surface area (Å²) in [7, 11) is 0. The minimum absolute atomic E-state index is 0.0803. The van der Waals surface area contributed by atoms with Gasteiger partial charge < -0.3 is 20.5 Å². The maximum absolute atomic E-state index is 11.3. The van der Waals surface area contributed by atoms with Crippen LogP contribution in [0.2, 0.25) is 0 Å². The Morgan fingerprint density at radius 3 is 2.55 bits per heavy atom. The van der Waals surface area contributed by atoms with Gasteiger partial charge in [-0.15, -0.1) is 0 Å². The third-order valence-corrected chi connectivity index (χ3v) is 3.19. The summed E-state index contributed by atoms with van der Waals surface area (Å²) in [6, 6.07) is 1.39. The molecule has 0 spiro atoms. The molecule has 0 unspecified atom stereocenters. The monoisotopic (exact) mass is 302 g/mol. The lowest BCUT2D eigenvalue weighted by molar-refractivity contribution is 0.0690. The lowest BCUT2D eigenvalue weighted by Crippen LogP contribution is -2.37. The summed E-state index contributed by atoms with van der Waals surface area (Å²) >= 11 is 0. The zero-order valence-electron chi connectivity index (χ0n) is 11.6. The third kappa shape index (κ3) is 2.93. The molecule has 0 bridgehead atoms. The first-order valence-electron chi connectivity index (χ1n) is 6.66. The molecule has 9 heteroatoms. The highest BCUT2D eigenvalue weighted by Crippen LogP contribution is 2.20. The Balaban J connectivity index is 2.03. The molecule has 2 aromatic heterocycles. The van der Waals surface area contributed by atoms with E-state index in [1.165, 1.54) is 18.5 Å². The Kier molecular flexibility index (Phi) is 3.79. The van der Waals surface area contributed by atoms with Crippen LogP contribution in [0.4, 0.5) is 11.9 Å². The van der Waals surface area contributed by atoms with Gasteiger partial charge in [-0.1, -0.05) is 0 Å². The number of rotatable bonds is 3. The topological polar surface area (TPSA) is 127 Å². The summed E-state index contributed by atoms with van der Waals surface area (Å²) in [5, 5.41) is 9.24. The van der Waals surface area contributed by atoms with Crippen LogP contribution < -0.4 is 10.6 Å². The van der Waals surface area contributed by atoms with Crippen LogP contribution in [0.15, 0.2) is 18.5 Å². The van der Waals surface area contributed by atoms with Gasteiger partial charge in [0, 0.05) is 31.0 Å². The summed E-state index contributed by atoms with van der Waals surface area (Å²) in [5.41, 5.74) is 6.39. The molecule has 3 rings (SSSR count). The highest BCUT2D eigenvalue weighted by atomic mass is 16.5. The molecule has 0 saturated carbocycles. The van der Waals surface area contributed by atoms with Crippen molar-refractivity contribution in [2.75, 3.05) is 36.9 Å². The van der Waals surface area contributed by atoms with E-state index >= 15 is 0 Å². The largest absolute Gasteiger partial charge is 0.477 e. The first-order chi connectivity index (χ1) is 10.6. The van der Waals surface area contributed by atoms with E-state index in [0.717, 1.165) is 0 Å². The Bertz CT molecular complexity index is 685. The second kappa shape index (κ2) is 5.90. The first kappa shape index (κ1) is 14.1. The number of aromatic nitrogens is 4. The number of hydrogen-bond donors (Lipinski definition) is 2. The zero-order chi connectivity index (χ0) is 15.5. The molecule has 0 amide bonds. The number of hydrogen-bond acceptors (Lipinski definition) is 8. The van der Waals surface area contributed by atoms with E-state index in [4.69, 9.17) is 10.5 Å². The molecule has 0 radical (unpaired) electrons. The average Bonchev–Trinajstić information content (AvgIpc) is 2.56. The highest BCUT2D eigenvalue weighted by molar-refractivity contribution is 5.87. The summed E-state index contributed by atoms with van der Waals surface area (Å²) < 4.78 is 5.28. The molecule has 3 N–H and O–H groups in total. The van der Waals surface area contributed by atoms with Gasteiger partial charge in [-0.2, -0.15) is 0 Å². The Morgan fingerprint density at radius 2 is 1.91 bits per heavy atom. The molecule has 114 valence electrons. The second-order valence-corrected chi connectivity index (χ2v) is 4.67. The van der Waals surface area contributed by atoms with Crippen LogP contribution in [0.25, 0.3) is 11.3 Å². The smallest absolute Gasteiger partial charge is 0.354 e. The van der Waals surface area contributed by atoms with E-state index in [9.17, 15) is 9.90 Å². The molecule has 22 heavy (non-hydrogen) atoms.